The second kappa shape index (κ2) is 3.93. The minimum atomic E-state index is -4.94. The molecule has 0 aromatic rings. The molecule has 3 nitrogen and oxygen atoms in total. The lowest BCUT2D eigenvalue weighted by molar-refractivity contribution is -0.203. The average molecular weight is 233 g/mol. The zero-order valence-corrected chi connectivity index (χ0v) is 8.30. The quantitative estimate of drug-likeness (QED) is 0.700. The number of hydrogen-bond donors (Lipinski definition) is 1. The molecule has 0 aromatic carbocycles. The Morgan fingerprint density at radius 1 is 1.50 bits per heavy atom. The Hall–Kier alpha value is -1.30. The van der Waals surface area contributed by atoms with E-state index in [2.05, 4.69) is 10.1 Å². The molecule has 0 aromatic heterocycles. The molecule has 1 atom stereocenters. The van der Waals surface area contributed by atoms with E-state index in [-0.39, 0.29) is 0 Å². The zero-order valence-electron chi connectivity index (χ0n) is 8.30. The number of carbonyl (C=O) groups is 1. The van der Waals surface area contributed by atoms with E-state index in [1.165, 1.54) is 0 Å². The molecule has 0 saturated heterocycles. The largest absolute Gasteiger partial charge is 0.490 e. The summed E-state index contributed by atoms with van der Waals surface area (Å²) in [4.78, 5) is 10.7. The minimum absolute atomic E-state index is 0.482. The van der Waals surface area contributed by atoms with Crippen molar-refractivity contribution in [2.75, 3.05) is 6.54 Å². The van der Waals surface area contributed by atoms with Crippen molar-refractivity contribution in [1.82, 2.24) is 5.32 Å². The van der Waals surface area contributed by atoms with E-state index in [4.69, 9.17) is 0 Å². The van der Waals surface area contributed by atoms with Gasteiger partial charge in [-0.15, -0.1) is 0 Å². The van der Waals surface area contributed by atoms with Gasteiger partial charge in [0.25, 0.3) is 0 Å². The van der Waals surface area contributed by atoms with Crippen LogP contribution in [0.5, 0.6) is 0 Å². The van der Waals surface area contributed by atoms with E-state index in [1.807, 2.05) is 6.08 Å². The summed E-state index contributed by atoms with van der Waals surface area (Å²) in [7, 11) is 0. The first-order chi connectivity index (χ1) is 7.48. The summed E-state index contributed by atoms with van der Waals surface area (Å²) < 4.78 is 40.3. The SMILES string of the molecule is O=C(OC1NCC2=C1C=CCC2)C(F)(F)F. The van der Waals surface area contributed by atoms with Gasteiger partial charge in [-0.25, -0.2) is 4.79 Å². The number of carbonyl (C=O) groups excluding carboxylic acids is 1. The maximum Gasteiger partial charge on any atom is 0.490 e. The van der Waals surface area contributed by atoms with Crippen LogP contribution in [0.3, 0.4) is 0 Å². The molecule has 0 radical (unpaired) electrons. The highest BCUT2D eigenvalue weighted by Crippen LogP contribution is 2.28. The number of esters is 1. The first-order valence-electron chi connectivity index (χ1n) is 4.88. The Bertz CT molecular complexity index is 371. The molecule has 6 heteroatoms. The monoisotopic (exact) mass is 233 g/mol. The van der Waals surface area contributed by atoms with Crippen molar-refractivity contribution in [3.05, 3.63) is 23.3 Å². The van der Waals surface area contributed by atoms with Crippen LogP contribution < -0.4 is 5.32 Å². The summed E-state index contributed by atoms with van der Waals surface area (Å²) in [6.07, 6.45) is -0.642. The molecule has 0 fully saturated rings. The molecule has 16 heavy (non-hydrogen) atoms. The van der Waals surface area contributed by atoms with E-state index >= 15 is 0 Å². The van der Waals surface area contributed by atoms with Gasteiger partial charge in [0.15, 0.2) is 6.23 Å². The lowest BCUT2D eigenvalue weighted by atomic mass is 10.00. The number of hydrogen-bond acceptors (Lipinski definition) is 3. The molecular weight excluding hydrogens is 223 g/mol. The highest BCUT2D eigenvalue weighted by Gasteiger charge is 2.43. The molecule has 0 amide bonds. The fourth-order valence-electron chi connectivity index (χ4n) is 1.80. The number of ether oxygens (including phenoxy) is 1. The molecule has 1 heterocycles. The van der Waals surface area contributed by atoms with Gasteiger partial charge in [-0.3, -0.25) is 5.32 Å². The van der Waals surface area contributed by atoms with Crippen LogP contribution in [0.2, 0.25) is 0 Å². The van der Waals surface area contributed by atoms with E-state index in [9.17, 15) is 18.0 Å². The first-order valence-corrected chi connectivity index (χ1v) is 4.88. The highest BCUT2D eigenvalue weighted by atomic mass is 19.4. The van der Waals surface area contributed by atoms with Crippen molar-refractivity contribution in [1.29, 1.82) is 0 Å². The molecule has 0 bridgehead atoms. The van der Waals surface area contributed by atoms with Gasteiger partial charge >= 0.3 is 12.1 Å². The Labute approximate surface area is 90.0 Å². The van der Waals surface area contributed by atoms with Gasteiger partial charge < -0.3 is 4.74 Å². The summed E-state index contributed by atoms with van der Waals surface area (Å²) in [6, 6.07) is 0. The van der Waals surface area contributed by atoms with Crippen molar-refractivity contribution < 1.29 is 22.7 Å². The third-order valence-corrected chi connectivity index (χ3v) is 2.56. The fourth-order valence-corrected chi connectivity index (χ4v) is 1.80. The Balaban J connectivity index is 2.05. The number of halogens is 3. The Morgan fingerprint density at radius 3 is 2.94 bits per heavy atom. The topological polar surface area (TPSA) is 38.3 Å². The van der Waals surface area contributed by atoms with Crippen molar-refractivity contribution in [2.45, 2.75) is 25.2 Å². The van der Waals surface area contributed by atoms with Gasteiger partial charge in [-0.05, 0) is 18.4 Å². The average Bonchev–Trinajstić information content (AvgIpc) is 2.61. The number of rotatable bonds is 1. The van der Waals surface area contributed by atoms with E-state index < -0.39 is 18.4 Å². The smallest absolute Gasteiger partial charge is 0.436 e. The van der Waals surface area contributed by atoms with Crippen LogP contribution in [-0.4, -0.2) is 24.9 Å². The molecule has 2 aliphatic rings. The van der Waals surface area contributed by atoms with Gasteiger partial charge in [0.1, 0.15) is 0 Å². The van der Waals surface area contributed by atoms with Crippen LogP contribution in [0.15, 0.2) is 23.3 Å². The molecule has 1 unspecified atom stereocenters. The second-order valence-electron chi connectivity index (χ2n) is 3.66. The summed E-state index contributed by atoms with van der Waals surface area (Å²) >= 11 is 0. The fraction of sp³-hybridized carbons (Fsp3) is 0.500. The van der Waals surface area contributed by atoms with Crippen LogP contribution in [0, 0.1) is 0 Å². The summed E-state index contributed by atoms with van der Waals surface area (Å²) in [5.74, 6) is -2.15. The van der Waals surface area contributed by atoms with E-state index in [0.717, 1.165) is 18.4 Å². The van der Waals surface area contributed by atoms with Crippen molar-refractivity contribution in [3.8, 4) is 0 Å². The van der Waals surface area contributed by atoms with Crippen molar-refractivity contribution in [2.24, 2.45) is 0 Å². The third kappa shape index (κ3) is 2.11. The van der Waals surface area contributed by atoms with Crippen LogP contribution in [-0.2, 0) is 9.53 Å². The van der Waals surface area contributed by atoms with Gasteiger partial charge in [-0.1, -0.05) is 12.2 Å². The third-order valence-electron chi connectivity index (χ3n) is 2.56. The van der Waals surface area contributed by atoms with Gasteiger partial charge in [-0.2, -0.15) is 13.2 Å². The number of alkyl halides is 3. The Morgan fingerprint density at radius 2 is 2.25 bits per heavy atom. The molecule has 0 saturated carbocycles. The molecule has 0 spiro atoms. The lowest BCUT2D eigenvalue weighted by Gasteiger charge is -2.16. The van der Waals surface area contributed by atoms with E-state index in [0.29, 0.717) is 12.1 Å². The molecule has 88 valence electrons. The maximum atomic E-state index is 12.0. The molecule has 1 N–H and O–H groups in total. The normalized spacial score (nSPS) is 24.6. The second-order valence-corrected chi connectivity index (χ2v) is 3.66. The zero-order chi connectivity index (χ0) is 11.8. The molecule has 1 aliphatic heterocycles. The van der Waals surface area contributed by atoms with Crippen LogP contribution in [0.1, 0.15) is 12.8 Å². The standard InChI is InChI=1S/C10H10F3NO2/c11-10(12,13)9(15)16-8-7-4-2-1-3-6(7)5-14-8/h2,4,8,14H,1,3,5H2. The minimum Gasteiger partial charge on any atom is -0.436 e. The summed E-state index contributed by atoms with van der Waals surface area (Å²) in [5.41, 5.74) is 1.67. The van der Waals surface area contributed by atoms with Crippen LogP contribution >= 0.6 is 0 Å². The summed E-state index contributed by atoms with van der Waals surface area (Å²) in [5, 5.41) is 2.73. The van der Waals surface area contributed by atoms with Crippen molar-refractivity contribution in [3.63, 3.8) is 0 Å². The van der Waals surface area contributed by atoms with Crippen LogP contribution in [0.4, 0.5) is 13.2 Å². The van der Waals surface area contributed by atoms with Gasteiger partial charge in [0.2, 0.25) is 0 Å². The van der Waals surface area contributed by atoms with Gasteiger partial charge in [0.05, 0.1) is 0 Å². The van der Waals surface area contributed by atoms with E-state index in [1.54, 1.807) is 6.08 Å². The van der Waals surface area contributed by atoms with Crippen molar-refractivity contribution >= 4 is 5.97 Å². The van der Waals surface area contributed by atoms with Crippen LogP contribution in [0.25, 0.3) is 0 Å². The maximum absolute atomic E-state index is 12.0. The Kier molecular flexibility index (Phi) is 2.75. The molecule has 1 aliphatic carbocycles. The summed E-state index contributed by atoms with van der Waals surface area (Å²) in [6.45, 7) is 0.482. The highest BCUT2D eigenvalue weighted by molar-refractivity contribution is 5.76. The first kappa shape index (κ1) is 11.2. The van der Waals surface area contributed by atoms with Gasteiger partial charge in [0, 0.05) is 12.1 Å². The number of nitrogens with one attached hydrogen (secondary N) is 1. The molecular formula is C10H10F3NO2. The molecule has 2 rings (SSSR count). The number of allylic oxidation sites excluding steroid dienone is 1. The predicted octanol–water partition coefficient (Wildman–Crippen LogP) is 1.67. The predicted molar refractivity (Wildman–Crippen MR) is 49.3 cm³/mol. The lowest BCUT2D eigenvalue weighted by Crippen LogP contribution is -2.36.